The summed E-state index contributed by atoms with van der Waals surface area (Å²) in [5.74, 6) is -0.0290. The van der Waals surface area contributed by atoms with Crippen molar-refractivity contribution in [3.63, 3.8) is 0 Å². The van der Waals surface area contributed by atoms with E-state index in [2.05, 4.69) is 26.6 Å². The fourth-order valence-corrected chi connectivity index (χ4v) is 3.03. The van der Waals surface area contributed by atoms with E-state index in [1.807, 2.05) is 32.9 Å². The number of hydrogen-bond acceptors (Lipinski definition) is 6. The summed E-state index contributed by atoms with van der Waals surface area (Å²) in [6, 6.07) is 7.31. The van der Waals surface area contributed by atoms with Crippen LogP contribution in [0.15, 0.2) is 34.8 Å². The lowest BCUT2D eigenvalue weighted by molar-refractivity contribution is -0.384. The number of nitrogens with zero attached hydrogens (tertiary/aromatic N) is 1. The number of nitrogens with one attached hydrogen (secondary N) is 2. The van der Waals surface area contributed by atoms with E-state index in [0.717, 1.165) is 21.7 Å². The summed E-state index contributed by atoms with van der Waals surface area (Å²) in [5.41, 5.74) is 1.82. The summed E-state index contributed by atoms with van der Waals surface area (Å²) in [5, 5.41) is 25.5. The van der Waals surface area contributed by atoms with Crippen LogP contribution in [0.2, 0.25) is 0 Å². The summed E-state index contributed by atoms with van der Waals surface area (Å²) in [6.07, 6.45) is 0. The van der Waals surface area contributed by atoms with Crippen molar-refractivity contribution in [2.45, 2.75) is 26.7 Å². The average molecular weight is 482 g/mol. The molecule has 0 aliphatic carbocycles. The second kappa shape index (κ2) is 9.66. The smallest absolute Gasteiger partial charge is 0.273 e. The Labute approximate surface area is 181 Å². The molecular formula is C19H20BrN3O5S. The molecule has 0 heterocycles. The van der Waals surface area contributed by atoms with Crippen LogP contribution in [0.4, 0.5) is 11.4 Å². The zero-order valence-corrected chi connectivity index (χ0v) is 18.4. The molecule has 0 aliphatic heterocycles. The minimum atomic E-state index is -0.629. The number of nitro benzene ring substituents is 1. The Morgan fingerprint density at radius 3 is 2.62 bits per heavy atom. The van der Waals surface area contributed by atoms with Gasteiger partial charge in [0.25, 0.3) is 11.6 Å². The van der Waals surface area contributed by atoms with Crippen molar-refractivity contribution in [2.75, 3.05) is 11.9 Å². The van der Waals surface area contributed by atoms with E-state index in [1.165, 1.54) is 12.1 Å². The molecule has 0 spiro atoms. The number of non-ortho nitro benzene ring substituents is 1. The van der Waals surface area contributed by atoms with E-state index >= 15 is 0 Å². The molecular weight excluding hydrogens is 462 g/mol. The van der Waals surface area contributed by atoms with Crippen molar-refractivity contribution in [1.29, 1.82) is 0 Å². The molecule has 29 heavy (non-hydrogen) atoms. The molecule has 0 radical (unpaired) electrons. The number of ether oxygens (including phenoxy) is 1. The van der Waals surface area contributed by atoms with Crippen LogP contribution < -0.4 is 15.4 Å². The van der Waals surface area contributed by atoms with Crippen molar-refractivity contribution >= 4 is 50.5 Å². The molecule has 1 amide bonds. The van der Waals surface area contributed by atoms with Gasteiger partial charge >= 0.3 is 0 Å². The number of carbonyl (C=O) groups excluding carboxylic acids is 1. The van der Waals surface area contributed by atoms with Crippen LogP contribution in [0.3, 0.4) is 0 Å². The number of benzene rings is 2. The van der Waals surface area contributed by atoms with Crippen molar-refractivity contribution in [2.24, 2.45) is 0 Å². The Morgan fingerprint density at radius 2 is 2.03 bits per heavy atom. The Kier molecular flexibility index (Phi) is 7.52. The highest BCUT2D eigenvalue weighted by atomic mass is 79.9. The minimum Gasteiger partial charge on any atom is -0.506 e. The first-order chi connectivity index (χ1) is 13.6. The van der Waals surface area contributed by atoms with Crippen molar-refractivity contribution in [1.82, 2.24) is 5.32 Å². The molecule has 8 nitrogen and oxygen atoms in total. The van der Waals surface area contributed by atoms with E-state index in [-0.39, 0.29) is 34.8 Å². The quantitative estimate of drug-likeness (QED) is 0.242. The van der Waals surface area contributed by atoms with Crippen LogP contribution in [0.25, 0.3) is 0 Å². The van der Waals surface area contributed by atoms with E-state index in [0.29, 0.717) is 5.75 Å². The van der Waals surface area contributed by atoms with Gasteiger partial charge < -0.3 is 15.2 Å². The molecule has 2 aromatic carbocycles. The van der Waals surface area contributed by atoms with Crippen molar-refractivity contribution < 1.29 is 19.6 Å². The topological polar surface area (TPSA) is 114 Å². The second-order valence-corrected chi connectivity index (χ2v) is 7.81. The number of phenols is 1. The molecule has 0 unspecified atom stereocenters. The highest BCUT2D eigenvalue weighted by molar-refractivity contribution is 9.10. The summed E-state index contributed by atoms with van der Waals surface area (Å²) in [6.45, 7) is 5.73. The molecule has 0 saturated heterocycles. The van der Waals surface area contributed by atoms with Crippen molar-refractivity contribution in [3.8, 4) is 11.5 Å². The molecule has 154 valence electrons. The summed E-state index contributed by atoms with van der Waals surface area (Å²) in [7, 11) is 0. The Morgan fingerprint density at radius 1 is 1.34 bits per heavy atom. The molecule has 3 N–H and O–H groups in total. The fourth-order valence-electron chi connectivity index (χ4n) is 2.45. The SMILES string of the molecule is Cc1cc(OCC(=O)NC(=S)Nc2ccc([N+](=O)[O-])cc2O)c(C(C)C)cc1Br. The van der Waals surface area contributed by atoms with E-state index in [4.69, 9.17) is 17.0 Å². The molecule has 0 fully saturated rings. The van der Waals surface area contributed by atoms with Gasteiger partial charge in [-0.05, 0) is 54.4 Å². The third-order valence-corrected chi connectivity index (χ3v) is 5.02. The maximum absolute atomic E-state index is 12.2. The number of rotatable bonds is 6. The number of hydrogen-bond donors (Lipinski definition) is 3. The summed E-state index contributed by atoms with van der Waals surface area (Å²) >= 11 is 8.54. The molecule has 0 saturated carbocycles. The average Bonchev–Trinajstić information content (AvgIpc) is 2.63. The molecule has 0 bridgehead atoms. The third-order valence-electron chi connectivity index (χ3n) is 3.97. The standard InChI is InChI=1S/C19H20BrN3O5S/c1-10(2)13-8-14(20)11(3)6-17(13)28-9-18(25)22-19(29)21-15-5-4-12(23(26)27)7-16(15)24/h4-8,10,24H,9H2,1-3H3,(H2,21,22,25,29). The number of nitro groups is 1. The first kappa shape index (κ1) is 22.6. The van der Waals surface area contributed by atoms with Crippen LogP contribution in [-0.2, 0) is 4.79 Å². The minimum absolute atomic E-state index is 0.0705. The Bertz CT molecular complexity index is 965. The Hall–Kier alpha value is -2.72. The Balaban J connectivity index is 1.97. The van der Waals surface area contributed by atoms with Gasteiger partial charge in [-0.25, -0.2) is 0 Å². The zero-order valence-electron chi connectivity index (χ0n) is 16.0. The second-order valence-electron chi connectivity index (χ2n) is 6.54. The number of anilines is 1. The van der Waals surface area contributed by atoms with Crippen LogP contribution in [-0.4, -0.2) is 27.7 Å². The fraction of sp³-hybridized carbons (Fsp3) is 0.263. The molecule has 0 atom stereocenters. The number of carbonyl (C=O) groups is 1. The molecule has 2 rings (SSSR count). The zero-order chi connectivity index (χ0) is 21.7. The van der Waals surface area contributed by atoms with Crippen LogP contribution >= 0.6 is 28.1 Å². The van der Waals surface area contributed by atoms with Gasteiger partial charge in [-0.15, -0.1) is 0 Å². The maximum atomic E-state index is 12.2. The summed E-state index contributed by atoms with van der Waals surface area (Å²) < 4.78 is 6.63. The van der Waals surface area contributed by atoms with Gasteiger partial charge in [0.1, 0.15) is 11.5 Å². The van der Waals surface area contributed by atoms with E-state index in [9.17, 15) is 20.0 Å². The van der Waals surface area contributed by atoms with Gasteiger partial charge in [-0.1, -0.05) is 29.8 Å². The lowest BCUT2D eigenvalue weighted by atomic mass is 10.0. The largest absolute Gasteiger partial charge is 0.506 e. The first-order valence-electron chi connectivity index (χ1n) is 8.59. The van der Waals surface area contributed by atoms with Gasteiger partial charge in [-0.2, -0.15) is 0 Å². The highest BCUT2D eigenvalue weighted by Gasteiger charge is 2.14. The van der Waals surface area contributed by atoms with Gasteiger partial charge in [0.2, 0.25) is 0 Å². The number of aromatic hydroxyl groups is 1. The number of halogens is 1. The molecule has 0 aromatic heterocycles. The number of phenolic OH excluding ortho intramolecular Hbond substituents is 1. The summed E-state index contributed by atoms with van der Waals surface area (Å²) in [4.78, 5) is 22.2. The number of thiocarbonyl (C=S) groups is 1. The van der Waals surface area contributed by atoms with Crippen molar-refractivity contribution in [3.05, 3.63) is 56.0 Å². The lowest BCUT2D eigenvalue weighted by Crippen LogP contribution is -2.37. The maximum Gasteiger partial charge on any atom is 0.273 e. The van der Waals surface area contributed by atoms with Crippen LogP contribution in [0.5, 0.6) is 11.5 Å². The molecule has 0 aliphatic rings. The highest BCUT2D eigenvalue weighted by Crippen LogP contribution is 2.32. The lowest BCUT2D eigenvalue weighted by Gasteiger charge is -2.16. The first-order valence-corrected chi connectivity index (χ1v) is 9.79. The predicted octanol–water partition coefficient (Wildman–Crippen LogP) is 4.39. The van der Waals surface area contributed by atoms with Gasteiger partial charge in [0.15, 0.2) is 11.7 Å². The van der Waals surface area contributed by atoms with Gasteiger partial charge in [-0.3, -0.25) is 20.2 Å². The molecule has 2 aromatic rings. The van der Waals surface area contributed by atoms with Gasteiger partial charge in [0, 0.05) is 10.5 Å². The number of aryl methyl sites for hydroxylation is 1. The van der Waals surface area contributed by atoms with E-state index in [1.54, 1.807) is 0 Å². The van der Waals surface area contributed by atoms with Gasteiger partial charge in [0.05, 0.1) is 16.7 Å². The number of amides is 1. The third kappa shape index (κ3) is 6.13. The molecule has 10 heteroatoms. The predicted molar refractivity (Wildman–Crippen MR) is 118 cm³/mol. The van der Waals surface area contributed by atoms with Crippen LogP contribution in [0, 0.1) is 17.0 Å². The normalized spacial score (nSPS) is 10.5. The van der Waals surface area contributed by atoms with Crippen LogP contribution in [0.1, 0.15) is 30.9 Å². The monoisotopic (exact) mass is 481 g/mol. The van der Waals surface area contributed by atoms with E-state index < -0.39 is 10.8 Å².